The molecule has 0 saturated heterocycles. The number of aromatic amines is 1. The minimum absolute atomic E-state index is 0. The van der Waals surface area contributed by atoms with Crippen LogP contribution in [0, 0.1) is 0 Å². The number of H-pyrrole nitrogens is 1. The van der Waals surface area contributed by atoms with E-state index in [1.54, 1.807) is 18.2 Å². The summed E-state index contributed by atoms with van der Waals surface area (Å²) in [6, 6.07) is 5.21. The van der Waals surface area contributed by atoms with E-state index in [-0.39, 0.29) is 12.4 Å². The second-order valence-electron chi connectivity index (χ2n) is 2.58. The molecular weight excluding hydrogens is 204 g/mol. The van der Waals surface area contributed by atoms with Crippen LogP contribution in [0.4, 0.5) is 11.4 Å². The van der Waals surface area contributed by atoms with Gasteiger partial charge in [-0.1, -0.05) is 0 Å². The summed E-state index contributed by atoms with van der Waals surface area (Å²) in [4.78, 5) is 0. The highest BCUT2D eigenvalue weighted by atomic mass is 35.5. The second kappa shape index (κ2) is 3.93. The van der Waals surface area contributed by atoms with Gasteiger partial charge in [0, 0.05) is 5.56 Å². The van der Waals surface area contributed by atoms with E-state index in [0.29, 0.717) is 17.2 Å². The van der Waals surface area contributed by atoms with Crippen LogP contribution < -0.4 is 11.5 Å². The van der Waals surface area contributed by atoms with Crippen LogP contribution in [0.3, 0.4) is 0 Å². The molecule has 0 fully saturated rings. The fourth-order valence-corrected chi connectivity index (χ4v) is 0.998. The van der Waals surface area contributed by atoms with Crippen molar-refractivity contribution in [3.05, 3.63) is 18.2 Å². The third-order valence-corrected chi connectivity index (χ3v) is 1.69. The molecule has 1 aromatic heterocycles. The van der Waals surface area contributed by atoms with Gasteiger partial charge in [0.2, 0.25) is 5.82 Å². The predicted molar refractivity (Wildman–Crippen MR) is 55.7 cm³/mol. The molecule has 1 heterocycles. The quantitative estimate of drug-likeness (QED) is 0.595. The first-order valence-corrected chi connectivity index (χ1v) is 3.66. The van der Waals surface area contributed by atoms with E-state index in [1.165, 1.54) is 0 Å². The van der Waals surface area contributed by atoms with Crippen LogP contribution in [0.25, 0.3) is 11.4 Å². The molecule has 0 aliphatic rings. The Bertz CT molecular complexity index is 412. The fraction of sp³-hybridized carbons (Fsp3) is 0. The number of hydrogen-bond acceptors (Lipinski definition) is 5. The molecule has 7 heteroatoms. The highest BCUT2D eigenvalue weighted by Gasteiger charge is 2.03. The van der Waals surface area contributed by atoms with Gasteiger partial charge in [-0.25, -0.2) is 0 Å². The van der Waals surface area contributed by atoms with Gasteiger partial charge in [-0.05, 0) is 23.4 Å². The average molecular weight is 213 g/mol. The first kappa shape index (κ1) is 10.3. The van der Waals surface area contributed by atoms with Crippen LogP contribution in [0.2, 0.25) is 0 Å². The molecule has 74 valence electrons. The summed E-state index contributed by atoms with van der Waals surface area (Å²) in [5, 5.41) is 13.4. The van der Waals surface area contributed by atoms with Crippen molar-refractivity contribution < 1.29 is 0 Å². The van der Waals surface area contributed by atoms with Gasteiger partial charge < -0.3 is 11.5 Å². The summed E-state index contributed by atoms with van der Waals surface area (Å²) >= 11 is 0. The maximum Gasteiger partial charge on any atom is 0.204 e. The normalized spacial score (nSPS) is 9.43. The second-order valence-corrected chi connectivity index (χ2v) is 2.58. The maximum absolute atomic E-state index is 5.62. The first-order chi connectivity index (χ1) is 6.27. The molecule has 0 spiro atoms. The van der Waals surface area contributed by atoms with Gasteiger partial charge in [0.25, 0.3) is 0 Å². The third kappa shape index (κ3) is 1.74. The topological polar surface area (TPSA) is 106 Å². The van der Waals surface area contributed by atoms with E-state index in [2.05, 4.69) is 20.6 Å². The molecule has 0 aliphatic heterocycles. The Morgan fingerprint density at radius 2 is 1.93 bits per heavy atom. The molecule has 0 saturated carbocycles. The summed E-state index contributed by atoms with van der Waals surface area (Å²) in [7, 11) is 0. The van der Waals surface area contributed by atoms with Crippen molar-refractivity contribution in [2.45, 2.75) is 0 Å². The predicted octanol–water partition coefficient (Wildman–Crippen LogP) is 0.453. The van der Waals surface area contributed by atoms with Gasteiger partial charge in [-0.15, -0.1) is 22.6 Å². The zero-order valence-electron chi connectivity index (χ0n) is 7.14. The van der Waals surface area contributed by atoms with Gasteiger partial charge in [0.05, 0.1) is 11.4 Å². The summed E-state index contributed by atoms with van der Waals surface area (Å²) in [6.45, 7) is 0. The van der Waals surface area contributed by atoms with Gasteiger partial charge in [0.1, 0.15) is 0 Å². The Kier molecular flexibility index (Phi) is 2.88. The molecule has 2 aromatic rings. The van der Waals surface area contributed by atoms with Gasteiger partial charge in [-0.3, -0.25) is 0 Å². The Hall–Kier alpha value is -1.82. The van der Waals surface area contributed by atoms with E-state index in [1.807, 2.05) is 0 Å². The van der Waals surface area contributed by atoms with Gasteiger partial charge >= 0.3 is 0 Å². The average Bonchev–Trinajstić information content (AvgIpc) is 2.62. The zero-order chi connectivity index (χ0) is 9.26. The largest absolute Gasteiger partial charge is 0.397 e. The lowest BCUT2D eigenvalue weighted by Crippen LogP contribution is -1.94. The number of aromatic nitrogens is 4. The molecule has 0 radical (unpaired) electrons. The van der Waals surface area contributed by atoms with E-state index in [4.69, 9.17) is 11.5 Å². The summed E-state index contributed by atoms with van der Waals surface area (Å²) in [5.74, 6) is 0.506. The maximum atomic E-state index is 5.62. The molecule has 5 N–H and O–H groups in total. The van der Waals surface area contributed by atoms with Crippen LogP contribution in [0.5, 0.6) is 0 Å². The Labute approximate surface area is 86.1 Å². The molecule has 1 aromatic carbocycles. The lowest BCUT2D eigenvalue weighted by Gasteiger charge is -2.00. The SMILES string of the molecule is Cl.Nc1ccc(-c2nn[nH]n2)cc1N. The summed E-state index contributed by atoms with van der Waals surface area (Å²) < 4.78 is 0. The number of nitrogens with one attached hydrogen (secondary N) is 1. The molecular formula is C7H9ClN6. The standard InChI is InChI=1S/C7H8N6.ClH/c8-5-2-1-4(3-6(5)9)7-10-12-13-11-7;/h1-3H,8-9H2,(H,10,11,12,13);1H. The van der Waals surface area contributed by atoms with Gasteiger partial charge in [-0.2, -0.15) is 5.21 Å². The van der Waals surface area contributed by atoms with E-state index >= 15 is 0 Å². The molecule has 14 heavy (non-hydrogen) atoms. The van der Waals surface area contributed by atoms with Crippen LogP contribution in [-0.2, 0) is 0 Å². The van der Waals surface area contributed by atoms with E-state index < -0.39 is 0 Å². The van der Waals surface area contributed by atoms with Crippen molar-refractivity contribution in [1.82, 2.24) is 20.6 Å². The monoisotopic (exact) mass is 212 g/mol. The first-order valence-electron chi connectivity index (χ1n) is 3.66. The van der Waals surface area contributed by atoms with Crippen LogP contribution in [0.1, 0.15) is 0 Å². The van der Waals surface area contributed by atoms with Crippen LogP contribution >= 0.6 is 12.4 Å². The van der Waals surface area contributed by atoms with Crippen molar-refractivity contribution in [3.63, 3.8) is 0 Å². The van der Waals surface area contributed by atoms with Crippen LogP contribution in [0.15, 0.2) is 18.2 Å². The van der Waals surface area contributed by atoms with E-state index in [9.17, 15) is 0 Å². The Morgan fingerprint density at radius 3 is 2.50 bits per heavy atom. The smallest absolute Gasteiger partial charge is 0.204 e. The number of tetrazole rings is 1. The number of nitrogen functional groups attached to an aromatic ring is 2. The van der Waals surface area contributed by atoms with E-state index in [0.717, 1.165) is 5.56 Å². The number of benzene rings is 1. The number of nitrogens with two attached hydrogens (primary N) is 2. The highest BCUT2D eigenvalue weighted by Crippen LogP contribution is 2.21. The molecule has 0 bridgehead atoms. The van der Waals surface area contributed by atoms with Crippen molar-refractivity contribution in [3.8, 4) is 11.4 Å². The fourth-order valence-electron chi connectivity index (χ4n) is 0.998. The number of rotatable bonds is 1. The molecule has 0 unspecified atom stereocenters. The zero-order valence-corrected chi connectivity index (χ0v) is 7.95. The minimum atomic E-state index is 0. The van der Waals surface area contributed by atoms with Crippen molar-refractivity contribution in [2.24, 2.45) is 0 Å². The van der Waals surface area contributed by atoms with Crippen LogP contribution in [-0.4, -0.2) is 20.6 Å². The number of nitrogens with zero attached hydrogens (tertiary/aromatic N) is 3. The molecule has 0 amide bonds. The van der Waals surface area contributed by atoms with Crippen molar-refractivity contribution >= 4 is 23.8 Å². The molecule has 0 aliphatic carbocycles. The summed E-state index contributed by atoms with van der Waals surface area (Å²) in [5.41, 5.74) is 13.0. The number of anilines is 2. The number of hydrogen-bond donors (Lipinski definition) is 3. The Morgan fingerprint density at radius 1 is 1.14 bits per heavy atom. The lowest BCUT2D eigenvalue weighted by atomic mass is 10.1. The Balaban J connectivity index is 0.000000980. The summed E-state index contributed by atoms with van der Waals surface area (Å²) in [6.07, 6.45) is 0. The molecule has 6 nitrogen and oxygen atoms in total. The molecule has 2 rings (SSSR count). The number of halogens is 1. The minimum Gasteiger partial charge on any atom is -0.397 e. The van der Waals surface area contributed by atoms with Gasteiger partial charge in [0.15, 0.2) is 0 Å². The molecule has 0 atom stereocenters. The third-order valence-electron chi connectivity index (χ3n) is 1.69. The lowest BCUT2D eigenvalue weighted by molar-refractivity contribution is 0.881. The highest BCUT2D eigenvalue weighted by molar-refractivity contribution is 5.85. The van der Waals surface area contributed by atoms with Crippen molar-refractivity contribution in [1.29, 1.82) is 0 Å². The van der Waals surface area contributed by atoms with Crippen molar-refractivity contribution in [2.75, 3.05) is 11.5 Å².